The molecule has 0 bridgehead atoms. The van der Waals surface area contributed by atoms with Gasteiger partial charge in [-0.15, -0.1) is 0 Å². The van der Waals surface area contributed by atoms with Crippen molar-refractivity contribution in [3.63, 3.8) is 0 Å². The average Bonchev–Trinajstić information content (AvgIpc) is 3.13. The van der Waals surface area contributed by atoms with Crippen molar-refractivity contribution in [1.82, 2.24) is 19.7 Å². The number of nitrogens with one attached hydrogen (secondary N) is 1. The lowest BCUT2D eigenvalue weighted by Gasteiger charge is -2.13. The topological polar surface area (TPSA) is 85.7 Å². The Bertz CT molecular complexity index is 562. The first kappa shape index (κ1) is 10.8. The molecule has 92 valence electrons. The third-order valence-electron chi connectivity index (χ3n) is 2.74. The second-order valence-corrected chi connectivity index (χ2v) is 3.91. The van der Waals surface area contributed by atoms with Crippen molar-refractivity contribution >= 4 is 0 Å². The van der Waals surface area contributed by atoms with Gasteiger partial charge in [0.1, 0.15) is 0 Å². The van der Waals surface area contributed by atoms with E-state index in [9.17, 15) is 0 Å². The molecule has 6 nitrogen and oxygen atoms in total. The summed E-state index contributed by atoms with van der Waals surface area (Å²) < 4.78 is 7.28. The van der Waals surface area contributed by atoms with Crippen molar-refractivity contribution < 1.29 is 4.52 Å². The summed E-state index contributed by atoms with van der Waals surface area (Å²) in [5.74, 6) is 1.03. The zero-order valence-corrected chi connectivity index (χ0v) is 9.65. The molecule has 0 aliphatic heterocycles. The summed E-state index contributed by atoms with van der Waals surface area (Å²) in [6, 6.07) is 7.68. The predicted octanol–water partition coefficient (Wildman–Crippen LogP) is 1.30. The van der Waals surface area contributed by atoms with Crippen LogP contribution in [0.4, 0.5) is 0 Å². The van der Waals surface area contributed by atoms with Gasteiger partial charge in [0.15, 0.2) is 11.9 Å². The third kappa shape index (κ3) is 1.82. The zero-order valence-electron chi connectivity index (χ0n) is 9.65. The number of hydrogen-bond donors (Lipinski definition) is 2. The van der Waals surface area contributed by atoms with Gasteiger partial charge < -0.3 is 19.8 Å². The normalized spacial score (nSPS) is 12.7. The second-order valence-electron chi connectivity index (χ2n) is 3.91. The van der Waals surface area contributed by atoms with Crippen LogP contribution in [-0.4, -0.2) is 19.7 Å². The summed E-state index contributed by atoms with van der Waals surface area (Å²) in [6.07, 6.45) is 5.78. The Morgan fingerprint density at radius 2 is 2.17 bits per heavy atom. The number of aromatic nitrogens is 4. The molecule has 0 radical (unpaired) electrons. The smallest absolute Gasteiger partial charge is 0.255 e. The van der Waals surface area contributed by atoms with Gasteiger partial charge in [-0.25, -0.2) is 0 Å². The minimum atomic E-state index is -0.150. The van der Waals surface area contributed by atoms with Gasteiger partial charge >= 0.3 is 0 Å². The van der Waals surface area contributed by atoms with Gasteiger partial charge in [-0.05, 0) is 24.3 Å². The van der Waals surface area contributed by atoms with Crippen LogP contribution in [0.5, 0.6) is 0 Å². The van der Waals surface area contributed by atoms with Gasteiger partial charge in [-0.1, -0.05) is 5.16 Å². The first-order chi connectivity index (χ1) is 8.88. The van der Waals surface area contributed by atoms with Gasteiger partial charge in [0.2, 0.25) is 0 Å². The number of rotatable bonds is 4. The molecule has 0 unspecified atom stereocenters. The average molecular weight is 243 g/mol. The van der Waals surface area contributed by atoms with Crippen LogP contribution in [0.15, 0.2) is 47.4 Å². The maximum atomic E-state index is 5.50. The molecule has 3 N–H and O–H groups in total. The number of nitrogens with zero attached hydrogens (tertiary/aromatic N) is 3. The Morgan fingerprint density at radius 3 is 2.78 bits per heavy atom. The molecule has 0 saturated heterocycles. The highest BCUT2D eigenvalue weighted by Crippen LogP contribution is 2.24. The van der Waals surface area contributed by atoms with Gasteiger partial charge in [0.25, 0.3) is 5.89 Å². The van der Waals surface area contributed by atoms with E-state index in [4.69, 9.17) is 10.3 Å². The SMILES string of the molecule is NCc1noc([C@H](c2ccc[nH]2)n2cccc2)n1. The Morgan fingerprint density at radius 1 is 1.33 bits per heavy atom. The Kier molecular flexibility index (Phi) is 2.70. The molecule has 0 amide bonds. The van der Waals surface area contributed by atoms with Gasteiger partial charge in [0, 0.05) is 24.3 Å². The van der Waals surface area contributed by atoms with E-state index in [0.717, 1.165) is 5.69 Å². The summed E-state index contributed by atoms with van der Waals surface area (Å²) in [5.41, 5.74) is 6.49. The maximum Gasteiger partial charge on any atom is 0.255 e. The minimum Gasteiger partial charge on any atom is -0.363 e. The van der Waals surface area contributed by atoms with E-state index in [1.54, 1.807) is 0 Å². The number of nitrogens with two attached hydrogens (primary N) is 1. The van der Waals surface area contributed by atoms with E-state index in [-0.39, 0.29) is 12.6 Å². The molecule has 3 rings (SSSR count). The van der Waals surface area contributed by atoms with E-state index in [0.29, 0.717) is 11.7 Å². The molecule has 0 spiro atoms. The largest absolute Gasteiger partial charge is 0.363 e. The zero-order chi connectivity index (χ0) is 12.4. The molecular weight excluding hydrogens is 230 g/mol. The van der Waals surface area contributed by atoms with Crippen molar-refractivity contribution in [3.05, 3.63) is 60.3 Å². The molecule has 18 heavy (non-hydrogen) atoms. The van der Waals surface area contributed by atoms with E-state index < -0.39 is 0 Å². The summed E-state index contributed by atoms with van der Waals surface area (Å²) >= 11 is 0. The molecule has 0 aliphatic carbocycles. The van der Waals surface area contributed by atoms with Crippen LogP contribution in [0.25, 0.3) is 0 Å². The summed E-state index contributed by atoms with van der Waals surface area (Å²) in [7, 11) is 0. The van der Waals surface area contributed by atoms with Crippen LogP contribution in [0, 0.1) is 0 Å². The Balaban J connectivity index is 2.05. The van der Waals surface area contributed by atoms with Gasteiger partial charge in [0.05, 0.1) is 6.54 Å². The molecule has 3 heterocycles. The molecule has 1 atom stereocenters. The number of H-pyrrole nitrogens is 1. The van der Waals surface area contributed by atoms with Crippen LogP contribution in [-0.2, 0) is 6.54 Å². The van der Waals surface area contributed by atoms with E-state index >= 15 is 0 Å². The molecule has 6 heteroatoms. The molecular formula is C12H13N5O. The lowest BCUT2D eigenvalue weighted by Crippen LogP contribution is -2.11. The highest BCUT2D eigenvalue weighted by molar-refractivity contribution is 5.19. The number of aromatic amines is 1. The fraction of sp³-hybridized carbons (Fsp3) is 0.167. The van der Waals surface area contributed by atoms with Crippen LogP contribution in [0.2, 0.25) is 0 Å². The summed E-state index contributed by atoms with van der Waals surface area (Å²) in [5, 5.41) is 3.84. The molecule has 0 aliphatic rings. The minimum absolute atomic E-state index is 0.150. The Hall–Kier alpha value is -2.34. The van der Waals surface area contributed by atoms with Crippen molar-refractivity contribution in [2.45, 2.75) is 12.6 Å². The lowest BCUT2D eigenvalue weighted by atomic mass is 10.2. The predicted molar refractivity (Wildman–Crippen MR) is 64.7 cm³/mol. The highest BCUT2D eigenvalue weighted by Gasteiger charge is 2.22. The van der Waals surface area contributed by atoms with E-state index in [1.807, 2.05) is 47.4 Å². The monoisotopic (exact) mass is 243 g/mol. The quantitative estimate of drug-likeness (QED) is 0.723. The van der Waals surface area contributed by atoms with Gasteiger partial charge in [-0.2, -0.15) is 4.98 Å². The molecule has 3 aromatic heterocycles. The van der Waals surface area contributed by atoms with Crippen molar-refractivity contribution in [2.75, 3.05) is 0 Å². The van der Waals surface area contributed by atoms with Crippen LogP contribution >= 0.6 is 0 Å². The number of hydrogen-bond acceptors (Lipinski definition) is 4. The fourth-order valence-corrected chi connectivity index (χ4v) is 1.92. The fourth-order valence-electron chi connectivity index (χ4n) is 1.92. The third-order valence-corrected chi connectivity index (χ3v) is 2.74. The Labute approximate surface area is 103 Å². The molecule has 0 aromatic carbocycles. The van der Waals surface area contributed by atoms with Crippen molar-refractivity contribution in [2.24, 2.45) is 5.73 Å². The molecule has 0 saturated carbocycles. The standard InChI is InChI=1S/C12H13N5O/c13-8-10-15-12(18-16-10)11(9-4-3-5-14-9)17-6-1-2-7-17/h1-7,11,14H,8,13H2/t11-/m0/s1. The molecule has 0 fully saturated rings. The lowest BCUT2D eigenvalue weighted by molar-refractivity contribution is 0.348. The first-order valence-corrected chi connectivity index (χ1v) is 5.67. The first-order valence-electron chi connectivity index (χ1n) is 5.67. The summed E-state index contributed by atoms with van der Waals surface area (Å²) in [6.45, 7) is 0.270. The van der Waals surface area contributed by atoms with E-state index in [2.05, 4.69) is 15.1 Å². The highest BCUT2D eigenvalue weighted by atomic mass is 16.5. The molecule has 3 aromatic rings. The second kappa shape index (κ2) is 4.50. The van der Waals surface area contributed by atoms with Crippen molar-refractivity contribution in [3.8, 4) is 0 Å². The van der Waals surface area contributed by atoms with Gasteiger partial charge in [-0.3, -0.25) is 0 Å². The maximum absolute atomic E-state index is 5.50. The van der Waals surface area contributed by atoms with Crippen LogP contribution in [0.3, 0.4) is 0 Å². The van der Waals surface area contributed by atoms with Crippen molar-refractivity contribution in [1.29, 1.82) is 0 Å². The summed E-state index contributed by atoms with van der Waals surface area (Å²) in [4.78, 5) is 7.47. The van der Waals surface area contributed by atoms with Crippen LogP contribution in [0.1, 0.15) is 23.5 Å². The van der Waals surface area contributed by atoms with Crippen LogP contribution < -0.4 is 5.73 Å². The van der Waals surface area contributed by atoms with E-state index in [1.165, 1.54) is 0 Å².